The van der Waals surface area contributed by atoms with Crippen molar-refractivity contribution in [1.82, 2.24) is 20.2 Å². The Morgan fingerprint density at radius 2 is 1.83 bits per heavy atom. The third-order valence-electron chi connectivity index (χ3n) is 5.07. The van der Waals surface area contributed by atoms with E-state index in [4.69, 9.17) is 0 Å². The summed E-state index contributed by atoms with van der Waals surface area (Å²) in [7, 11) is 0. The van der Waals surface area contributed by atoms with Crippen molar-refractivity contribution in [2.75, 3.05) is 19.6 Å². The van der Waals surface area contributed by atoms with Crippen LogP contribution in [0.1, 0.15) is 29.6 Å². The first-order chi connectivity index (χ1) is 11.0. The van der Waals surface area contributed by atoms with Crippen molar-refractivity contribution in [2.45, 2.75) is 19.3 Å². The number of hydrogen-bond donors (Lipinski definition) is 3. The number of nitrogens with zero attached hydrogens (tertiary/aromatic N) is 1. The Morgan fingerprint density at radius 3 is 2.52 bits per heavy atom. The molecule has 0 aliphatic carbocycles. The van der Waals surface area contributed by atoms with Gasteiger partial charge in [0.15, 0.2) is 0 Å². The van der Waals surface area contributed by atoms with Gasteiger partial charge in [0.25, 0.3) is 5.91 Å². The fraction of sp³-hybridized carbons (Fsp3) is 0.438. The van der Waals surface area contributed by atoms with E-state index in [1.165, 1.54) is 0 Å². The number of piperidine rings is 1. The van der Waals surface area contributed by atoms with Crippen LogP contribution in [-0.2, 0) is 4.79 Å². The van der Waals surface area contributed by atoms with Crippen molar-refractivity contribution < 1.29 is 9.59 Å². The zero-order valence-electron chi connectivity index (χ0n) is 12.6. The van der Waals surface area contributed by atoms with E-state index in [-0.39, 0.29) is 22.9 Å². The first-order valence-corrected chi connectivity index (χ1v) is 7.83. The molecule has 2 saturated heterocycles. The van der Waals surface area contributed by atoms with Gasteiger partial charge in [-0.05, 0) is 36.5 Å². The van der Waals surface area contributed by atoms with Crippen LogP contribution in [0.15, 0.2) is 23.0 Å². The second kappa shape index (κ2) is 4.97. The van der Waals surface area contributed by atoms with Gasteiger partial charge >= 0.3 is 5.69 Å². The molecule has 1 aromatic heterocycles. The number of carbonyl (C=O) groups excluding carboxylic acids is 2. The number of imidazole rings is 1. The van der Waals surface area contributed by atoms with Gasteiger partial charge in [-0.15, -0.1) is 0 Å². The molecule has 0 radical (unpaired) electrons. The van der Waals surface area contributed by atoms with E-state index in [9.17, 15) is 14.4 Å². The number of nitrogens with one attached hydrogen (secondary N) is 3. The fourth-order valence-corrected chi connectivity index (χ4v) is 3.64. The largest absolute Gasteiger partial charge is 0.356 e. The summed E-state index contributed by atoms with van der Waals surface area (Å²) in [6, 6.07) is 5.19. The predicted octanol–water partition coefficient (Wildman–Crippen LogP) is 0.599. The van der Waals surface area contributed by atoms with E-state index in [0.29, 0.717) is 36.1 Å². The number of likely N-dealkylation sites (tertiary alicyclic amines) is 1. The van der Waals surface area contributed by atoms with E-state index in [1.54, 1.807) is 18.2 Å². The SMILES string of the molecule is O=C1CC2(CCN(C(=O)c3ccc4[nH]c(=O)[nH]c4c3)CC2)CN1. The Bertz CT molecular complexity index is 842. The number of amides is 2. The quantitative estimate of drug-likeness (QED) is 0.719. The first kappa shape index (κ1) is 14.0. The summed E-state index contributed by atoms with van der Waals surface area (Å²) in [5, 5.41) is 2.90. The van der Waals surface area contributed by atoms with E-state index in [0.717, 1.165) is 19.4 Å². The van der Waals surface area contributed by atoms with Crippen molar-refractivity contribution in [1.29, 1.82) is 0 Å². The monoisotopic (exact) mass is 314 g/mol. The molecule has 1 aromatic carbocycles. The molecule has 0 unspecified atom stereocenters. The summed E-state index contributed by atoms with van der Waals surface area (Å²) < 4.78 is 0. The van der Waals surface area contributed by atoms with Gasteiger partial charge in [-0.25, -0.2) is 4.79 Å². The molecule has 3 N–H and O–H groups in total. The van der Waals surface area contributed by atoms with E-state index < -0.39 is 0 Å². The van der Waals surface area contributed by atoms with Gasteiger partial charge in [-0.1, -0.05) is 0 Å². The van der Waals surface area contributed by atoms with Crippen molar-refractivity contribution in [3.8, 4) is 0 Å². The van der Waals surface area contributed by atoms with Crippen LogP contribution >= 0.6 is 0 Å². The Morgan fingerprint density at radius 1 is 1.09 bits per heavy atom. The van der Waals surface area contributed by atoms with Crippen LogP contribution in [0.2, 0.25) is 0 Å². The molecule has 7 nitrogen and oxygen atoms in total. The highest BCUT2D eigenvalue weighted by Gasteiger charge is 2.41. The van der Waals surface area contributed by atoms with Crippen LogP contribution < -0.4 is 11.0 Å². The number of rotatable bonds is 1. The molecule has 1 spiro atoms. The maximum Gasteiger partial charge on any atom is 0.323 e. The van der Waals surface area contributed by atoms with E-state index in [2.05, 4.69) is 15.3 Å². The summed E-state index contributed by atoms with van der Waals surface area (Å²) in [5.74, 6) is 0.0905. The molecule has 2 aliphatic rings. The van der Waals surface area contributed by atoms with Crippen molar-refractivity contribution in [3.63, 3.8) is 0 Å². The number of aromatic nitrogens is 2. The van der Waals surface area contributed by atoms with Gasteiger partial charge < -0.3 is 20.2 Å². The van der Waals surface area contributed by atoms with Crippen LogP contribution in [0.25, 0.3) is 11.0 Å². The van der Waals surface area contributed by atoms with Crippen LogP contribution in [-0.4, -0.2) is 46.3 Å². The number of H-pyrrole nitrogens is 2. The molecule has 4 rings (SSSR count). The normalized spacial score (nSPS) is 20.2. The Hall–Kier alpha value is -2.57. The average Bonchev–Trinajstić information content (AvgIpc) is 3.08. The standard InChI is InChI=1S/C16H18N4O3/c21-13-8-16(9-17-13)3-5-20(6-4-16)14(22)10-1-2-11-12(7-10)19-15(23)18-11/h1-2,7H,3-6,8-9H2,(H,17,21)(H2,18,19,23). The minimum Gasteiger partial charge on any atom is -0.356 e. The van der Waals surface area contributed by atoms with E-state index >= 15 is 0 Å². The minimum atomic E-state index is -0.275. The number of hydrogen-bond acceptors (Lipinski definition) is 3. The van der Waals surface area contributed by atoms with Crippen LogP contribution in [0.4, 0.5) is 0 Å². The predicted molar refractivity (Wildman–Crippen MR) is 84.1 cm³/mol. The Balaban J connectivity index is 1.50. The smallest absolute Gasteiger partial charge is 0.323 e. The Labute approximate surface area is 132 Å². The highest BCUT2D eigenvalue weighted by atomic mass is 16.2. The molecule has 2 amide bonds. The number of carbonyl (C=O) groups is 2. The summed E-state index contributed by atoms with van der Waals surface area (Å²) in [6.07, 6.45) is 2.27. The summed E-state index contributed by atoms with van der Waals surface area (Å²) in [6.45, 7) is 2.05. The molecule has 23 heavy (non-hydrogen) atoms. The lowest BCUT2D eigenvalue weighted by Gasteiger charge is -2.38. The zero-order valence-corrected chi connectivity index (χ0v) is 12.6. The van der Waals surface area contributed by atoms with Crippen molar-refractivity contribution in [3.05, 3.63) is 34.2 Å². The summed E-state index contributed by atoms with van der Waals surface area (Å²) in [5.41, 5.74) is 1.66. The molecule has 0 bridgehead atoms. The zero-order chi connectivity index (χ0) is 16.0. The van der Waals surface area contributed by atoms with Gasteiger partial charge in [0, 0.05) is 31.6 Å². The third-order valence-corrected chi connectivity index (χ3v) is 5.07. The summed E-state index contributed by atoms with van der Waals surface area (Å²) in [4.78, 5) is 42.6. The van der Waals surface area contributed by atoms with Gasteiger partial charge in [-0.3, -0.25) is 9.59 Å². The highest BCUT2D eigenvalue weighted by molar-refractivity contribution is 5.97. The van der Waals surface area contributed by atoms with Crippen molar-refractivity contribution in [2.24, 2.45) is 5.41 Å². The minimum absolute atomic E-state index is 0.0268. The lowest BCUT2D eigenvalue weighted by Crippen LogP contribution is -2.44. The number of benzene rings is 1. The maximum atomic E-state index is 12.7. The van der Waals surface area contributed by atoms with Gasteiger partial charge in [-0.2, -0.15) is 0 Å². The molecule has 0 atom stereocenters. The van der Waals surface area contributed by atoms with Gasteiger partial charge in [0.05, 0.1) is 11.0 Å². The van der Waals surface area contributed by atoms with Gasteiger partial charge in [0.1, 0.15) is 0 Å². The summed E-state index contributed by atoms with van der Waals surface area (Å²) >= 11 is 0. The van der Waals surface area contributed by atoms with Crippen LogP contribution in [0.3, 0.4) is 0 Å². The molecule has 120 valence electrons. The molecule has 2 aromatic rings. The molecule has 3 heterocycles. The van der Waals surface area contributed by atoms with Crippen molar-refractivity contribution >= 4 is 22.8 Å². The fourth-order valence-electron chi connectivity index (χ4n) is 3.64. The molecular formula is C16H18N4O3. The Kier molecular flexibility index (Phi) is 3.04. The highest BCUT2D eigenvalue weighted by Crippen LogP contribution is 2.37. The van der Waals surface area contributed by atoms with E-state index in [1.807, 2.05) is 4.90 Å². The maximum absolute atomic E-state index is 12.7. The average molecular weight is 314 g/mol. The van der Waals surface area contributed by atoms with Crippen LogP contribution in [0, 0.1) is 5.41 Å². The number of aromatic amines is 2. The molecule has 2 aliphatic heterocycles. The first-order valence-electron chi connectivity index (χ1n) is 7.83. The molecule has 7 heteroatoms. The molecule has 2 fully saturated rings. The topological polar surface area (TPSA) is 98.1 Å². The van der Waals surface area contributed by atoms with Crippen LogP contribution in [0.5, 0.6) is 0 Å². The second-order valence-corrected chi connectivity index (χ2v) is 6.59. The molecular weight excluding hydrogens is 296 g/mol. The molecule has 0 saturated carbocycles. The van der Waals surface area contributed by atoms with Gasteiger partial charge in [0.2, 0.25) is 5.91 Å². The second-order valence-electron chi connectivity index (χ2n) is 6.59. The third kappa shape index (κ3) is 2.42. The lowest BCUT2D eigenvalue weighted by molar-refractivity contribution is -0.119. The lowest BCUT2D eigenvalue weighted by atomic mass is 9.77. The number of fused-ring (bicyclic) bond motifs is 1.